The summed E-state index contributed by atoms with van der Waals surface area (Å²) in [6.45, 7) is 3.15. The van der Waals surface area contributed by atoms with Crippen molar-refractivity contribution in [2.75, 3.05) is 13.2 Å². The summed E-state index contributed by atoms with van der Waals surface area (Å²) >= 11 is 0. The number of aromatic nitrogens is 1. The monoisotopic (exact) mass is 497 g/mol. The van der Waals surface area contributed by atoms with Crippen molar-refractivity contribution >= 4 is 11.8 Å². The van der Waals surface area contributed by atoms with Crippen molar-refractivity contribution in [2.45, 2.75) is 38.5 Å². The van der Waals surface area contributed by atoms with Crippen LogP contribution in [0.25, 0.3) is 11.3 Å². The molecule has 190 valence electrons. The van der Waals surface area contributed by atoms with Gasteiger partial charge >= 0.3 is 0 Å². The van der Waals surface area contributed by atoms with Gasteiger partial charge in [0.25, 0.3) is 11.8 Å². The highest BCUT2D eigenvalue weighted by Crippen LogP contribution is 2.28. The van der Waals surface area contributed by atoms with Crippen molar-refractivity contribution in [2.24, 2.45) is 0 Å². The molecule has 0 spiro atoms. The molecule has 2 N–H and O–H groups in total. The van der Waals surface area contributed by atoms with Crippen molar-refractivity contribution in [3.8, 4) is 11.3 Å². The smallest absolute Gasteiger partial charge is 0.271 e. The third-order valence-corrected chi connectivity index (χ3v) is 6.58. The Labute approximate surface area is 216 Å². The number of hydrogen-bond donors (Lipinski definition) is 2. The van der Waals surface area contributed by atoms with Crippen LogP contribution in [0.3, 0.4) is 0 Å². The minimum absolute atomic E-state index is 0.0157. The van der Waals surface area contributed by atoms with Gasteiger partial charge in [-0.25, -0.2) is 0 Å². The highest BCUT2D eigenvalue weighted by Gasteiger charge is 2.35. The van der Waals surface area contributed by atoms with E-state index in [0.29, 0.717) is 30.4 Å². The van der Waals surface area contributed by atoms with Crippen LogP contribution >= 0.6 is 0 Å². The van der Waals surface area contributed by atoms with Crippen LogP contribution < -0.4 is 5.32 Å². The number of aryl methyl sites for hydroxylation is 1. The highest BCUT2D eigenvalue weighted by atomic mass is 16.5. The summed E-state index contributed by atoms with van der Waals surface area (Å²) < 4.78 is 11.6. The largest absolute Gasteiger partial charge is 0.464 e. The molecular weight excluding hydrogens is 466 g/mol. The van der Waals surface area contributed by atoms with Gasteiger partial charge < -0.3 is 24.4 Å². The summed E-state index contributed by atoms with van der Waals surface area (Å²) in [5, 5.41) is 3.01. The molecule has 2 aromatic heterocycles. The molecule has 1 aliphatic heterocycles. The van der Waals surface area contributed by atoms with Crippen molar-refractivity contribution in [3.63, 3.8) is 0 Å². The van der Waals surface area contributed by atoms with Crippen molar-refractivity contribution in [1.82, 2.24) is 15.2 Å². The number of amides is 2. The van der Waals surface area contributed by atoms with E-state index < -0.39 is 6.04 Å². The molecule has 2 atom stereocenters. The van der Waals surface area contributed by atoms with E-state index in [0.717, 1.165) is 29.7 Å². The number of nitrogens with zero attached hydrogens (tertiary/aromatic N) is 1. The molecular formula is C30H31N3O4. The first kappa shape index (κ1) is 24.6. The standard InChI is InChI=1S/C30H31N3O4/c1-21-14-17-27(37-21)28(29(34)31-19-24-13-8-18-36-24)33(20-22-9-4-2-5-10-22)30(35)26-16-15-25(32-26)23-11-6-3-7-12-23/h2-7,9-12,14-17,24,28,32H,8,13,18-20H2,1H3,(H,31,34)/t24-,28+/m0/s1. The van der Waals surface area contributed by atoms with Gasteiger partial charge in [0, 0.05) is 25.4 Å². The molecule has 2 amide bonds. The average molecular weight is 498 g/mol. The maximum atomic E-state index is 14.0. The van der Waals surface area contributed by atoms with Crippen molar-refractivity contribution < 1.29 is 18.7 Å². The molecule has 0 bridgehead atoms. The molecule has 37 heavy (non-hydrogen) atoms. The van der Waals surface area contributed by atoms with Crippen LogP contribution in [0.2, 0.25) is 0 Å². The number of hydrogen-bond acceptors (Lipinski definition) is 4. The Morgan fingerprint density at radius 2 is 1.76 bits per heavy atom. The quantitative estimate of drug-likeness (QED) is 0.330. The number of carbonyl (C=O) groups excluding carboxylic acids is 2. The molecule has 0 aliphatic carbocycles. The fraction of sp³-hybridized carbons (Fsp3) is 0.267. The van der Waals surface area contributed by atoms with Gasteiger partial charge in [0.15, 0.2) is 6.04 Å². The number of nitrogens with one attached hydrogen (secondary N) is 2. The first-order valence-electron chi connectivity index (χ1n) is 12.6. The zero-order valence-corrected chi connectivity index (χ0v) is 20.9. The summed E-state index contributed by atoms with van der Waals surface area (Å²) in [4.78, 5) is 32.5. The van der Waals surface area contributed by atoms with E-state index in [1.165, 1.54) is 0 Å². The highest BCUT2D eigenvalue weighted by molar-refractivity contribution is 5.97. The van der Waals surface area contributed by atoms with E-state index in [1.54, 1.807) is 17.0 Å². The lowest BCUT2D eigenvalue weighted by Gasteiger charge is -2.30. The predicted molar refractivity (Wildman–Crippen MR) is 141 cm³/mol. The zero-order chi connectivity index (χ0) is 25.6. The van der Waals surface area contributed by atoms with E-state index in [1.807, 2.05) is 79.7 Å². The van der Waals surface area contributed by atoms with Crippen LogP contribution in [0.4, 0.5) is 0 Å². The molecule has 0 unspecified atom stereocenters. The Morgan fingerprint density at radius 1 is 1.00 bits per heavy atom. The third kappa shape index (κ3) is 5.84. The minimum Gasteiger partial charge on any atom is -0.464 e. The van der Waals surface area contributed by atoms with Gasteiger partial charge in [-0.3, -0.25) is 9.59 Å². The normalized spacial score (nSPS) is 15.9. The van der Waals surface area contributed by atoms with Crippen LogP contribution in [0.5, 0.6) is 0 Å². The Bertz CT molecular complexity index is 1320. The topological polar surface area (TPSA) is 87.6 Å². The molecule has 3 heterocycles. The van der Waals surface area contributed by atoms with Gasteiger partial charge in [-0.2, -0.15) is 0 Å². The van der Waals surface area contributed by atoms with Crippen LogP contribution in [-0.2, 0) is 16.1 Å². The van der Waals surface area contributed by atoms with E-state index >= 15 is 0 Å². The molecule has 7 heteroatoms. The van der Waals surface area contributed by atoms with Crippen LogP contribution in [0.15, 0.2) is 89.3 Å². The van der Waals surface area contributed by atoms with Crippen LogP contribution in [0, 0.1) is 6.92 Å². The second-order valence-corrected chi connectivity index (χ2v) is 9.30. The van der Waals surface area contributed by atoms with E-state index in [9.17, 15) is 9.59 Å². The number of furan rings is 1. The molecule has 0 radical (unpaired) electrons. The third-order valence-electron chi connectivity index (χ3n) is 6.58. The van der Waals surface area contributed by atoms with Crippen molar-refractivity contribution in [1.29, 1.82) is 0 Å². The second-order valence-electron chi connectivity index (χ2n) is 9.30. The Morgan fingerprint density at radius 3 is 2.43 bits per heavy atom. The second kappa shape index (κ2) is 11.3. The van der Waals surface area contributed by atoms with E-state index in [2.05, 4.69) is 10.3 Å². The number of benzene rings is 2. The maximum absolute atomic E-state index is 14.0. The van der Waals surface area contributed by atoms with Gasteiger partial charge in [-0.15, -0.1) is 0 Å². The number of aromatic amines is 1. The number of rotatable bonds is 9. The van der Waals surface area contributed by atoms with Gasteiger partial charge in [-0.1, -0.05) is 60.7 Å². The predicted octanol–water partition coefficient (Wildman–Crippen LogP) is 5.26. The zero-order valence-electron chi connectivity index (χ0n) is 20.9. The summed E-state index contributed by atoms with van der Waals surface area (Å²) in [7, 11) is 0. The molecule has 1 fully saturated rings. The summed E-state index contributed by atoms with van der Waals surface area (Å²) in [5.74, 6) is 0.494. The Kier molecular flexibility index (Phi) is 7.51. The van der Waals surface area contributed by atoms with E-state index in [4.69, 9.17) is 9.15 Å². The lowest BCUT2D eigenvalue weighted by molar-refractivity contribution is -0.127. The molecule has 7 nitrogen and oxygen atoms in total. The molecule has 0 saturated carbocycles. The fourth-order valence-corrected chi connectivity index (χ4v) is 4.66. The first-order chi connectivity index (χ1) is 18.1. The lowest BCUT2D eigenvalue weighted by atomic mass is 10.1. The lowest BCUT2D eigenvalue weighted by Crippen LogP contribution is -2.45. The van der Waals surface area contributed by atoms with Gasteiger partial charge in [-0.05, 0) is 55.2 Å². The summed E-state index contributed by atoms with van der Waals surface area (Å²) in [6.07, 6.45) is 1.87. The molecule has 1 saturated heterocycles. The molecule has 4 aromatic rings. The minimum atomic E-state index is -0.953. The fourth-order valence-electron chi connectivity index (χ4n) is 4.66. The van der Waals surface area contributed by atoms with Crippen LogP contribution in [-0.4, -0.2) is 41.0 Å². The van der Waals surface area contributed by atoms with Crippen LogP contribution in [0.1, 0.15) is 46.5 Å². The Hall–Kier alpha value is -4.10. The van der Waals surface area contributed by atoms with Gasteiger partial charge in [0.2, 0.25) is 0 Å². The first-order valence-corrected chi connectivity index (χ1v) is 12.6. The van der Waals surface area contributed by atoms with Gasteiger partial charge in [0.1, 0.15) is 17.2 Å². The maximum Gasteiger partial charge on any atom is 0.271 e. The average Bonchev–Trinajstić information content (AvgIpc) is 3.71. The van der Waals surface area contributed by atoms with Gasteiger partial charge in [0.05, 0.1) is 6.10 Å². The molecule has 5 rings (SSSR count). The molecule has 1 aliphatic rings. The molecule has 2 aromatic carbocycles. The van der Waals surface area contributed by atoms with E-state index in [-0.39, 0.29) is 24.5 Å². The van der Waals surface area contributed by atoms with Crippen molar-refractivity contribution in [3.05, 3.63) is 108 Å². The summed E-state index contributed by atoms with van der Waals surface area (Å²) in [5.41, 5.74) is 3.11. The SMILES string of the molecule is Cc1ccc([C@H](C(=O)NC[C@@H]2CCCO2)N(Cc2ccccc2)C(=O)c2ccc(-c3ccccc3)[nH]2)o1. The number of ether oxygens (including phenoxy) is 1. The number of carbonyl (C=O) groups is 2. The number of H-pyrrole nitrogens is 1. The Balaban J connectivity index is 1.48. The summed E-state index contributed by atoms with van der Waals surface area (Å²) in [6, 6.07) is 25.7.